The highest BCUT2D eigenvalue weighted by Crippen LogP contribution is 2.04. The molecule has 0 fully saturated rings. The van der Waals surface area contributed by atoms with Crippen LogP contribution in [-0.4, -0.2) is 30.8 Å². The van der Waals surface area contributed by atoms with Crippen LogP contribution in [0.5, 0.6) is 0 Å². The van der Waals surface area contributed by atoms with E-state index in [1.165, 1.54) is 19.3 Å². The van der Waals surface area contributed by atoms with Crippen molar-refractivity contribution in [1.82, 2.24) is 10.6 Å². The highest BCUT2D eigenvalue weighted by atomic mass is 16.2. The van der Waals surface area contributed by atoms with Crippen LogP contribution in [0.4, 0.5) is 0 Å². The first kappa shape index (κ1) is 20.1. The minimum absolute atomic E-state index is 0.144. The van der Waals surface area contributed by atoms with Crippen LogP contribution in [0.3, 0.4) is 0 Å². The lowest BCUT2D eigenvalue weighted by molar-refractivity contribution is -0.121. The summed E-state index contributed by atoms with van der Waals surface area (Å²) >= 11 is 0. The van der Waals surface area contributed by atoms with E-state index in [-0.39, 0.29) is 5.91 Å². The summed E-state index contributed by atoms with van der Waals surface area (Å²) in [6.45, 7) is 5.54. The summed E-state index contributed by atoms with van der Waals surface area (Å²) in [5, 5.41) is 14.8. The van der Waals surface area contributed by atoms with Crippen LogP contribution in [0.1, 0.15) is 70.6 Å². The minimum atomic E-state index is 0.144. The van der Waals surface area contributed by atoms with Gasteiger partial charge in [-0.05, 0) is 38.6 Å². The Morgan fingerprint density at radius 3 is 2.33 bits per heavy atom. The minimum Gasteiger partial charge on any atom is -0.396 e. The van der Waals surface area contributed by atoms with E-state index in [4.69, 9.17) is 5.11 Å². The largest absolute Gasteiger partial charge is 0.396 e. The molecule has 0 aliphatic carbocycles. The van der Waals surface area contributed by atoms with E-state index in [1.54, 1.807) is 0 Å². The zero-order valence-corrected chi connectivity index (χ0v) is 13.5. The van der Waals surface area contributed by atoms with Crippen molar-refractivity contribution < 1.29 is 9.90 Å². The molecule has 0 saturated heterocycles. The quantitative estimate of drug-likeness (QED) is 0.233. The second kappa shape index (κ2) is 17.2. The SMILES string of the molecule is C=CCCCCCC(=O)NCNCCCCCCCCO. The zero-order valence-electron chi connectivity index (χ0n) is 13.5. The molecule has 0 aromatic rings. The van der Waals surface area contributed by atoms with E-state index in [2.05, 4.69) is 17.2 Å². The first-order valence-corrected chi connectivity index (χ1v) is 8.50. The molecular formula is C17H34N2O2. The monoisotopic (exact) mass is 298 g/mol. The molecule has 0 aliphatic heterocycles. The van der Waals surface area contributed by atoms with Crippen molar-refractivity contribution in [2.24, 2.45) is 0 Å². The van der Waals surface area contributed by atoms with Gasteiger partial charge in [0.1, 0.15) is 0 Å². The second-order valence-electron chi connectivity index (χ2n) is 5.51. The summed E-state index contributed by atoms with van der Waals surface area (Å²) in [5.41, 5.74) is 0. The Morgan fingerprint density at radius 1 is 0.952 bits per heavy atom. The number of rotatable bonds is 16. The number of nitrogens with one attached hydrogen (secondary N) is 2. The first-order valence-electron chi connectivity index (χ1n) is 8.50. The van der Waals surface area contributed by atoms with E-state index in [0.717, 1.165) is 51.5 Å². The third-order valence-electron chi connectivity index (χ3n) is 3.48. The molecule has 1 amide bonds. The lowest BCUT2D eigenvalue weighted by Crippen LogP contribution is -2.34. The Hall–Kier alpha value is -0.870. The van der Waals surface area contributed by atoms with Gasteiger partial charge in [0.25, 0.3) is 0 Å². The number of hydrogen-bond donors (Lipinski definition) is 3. The third-order valence-corrected chi connectivity index (χ3v) is 3.48. The number of aliphatic hydroxyl groups excluding tert-OH is 1. The van der Waals surface area contributed by atoms with Crippen molar-refractivity contribution in [3.63, 3.8) is 0 Å². The van der Waals surface area contributed by atoms with Crippen LogP contribution < -0.4 is 10.6 Å². The van der Waals surface area contributed by atoms with Crippen LogP contribution >= 0.6 is 0 Å². The van der Waals surface area contributed by atoms with Gasteiger partial charge in [-0.15, -0.1) is 6.58 Å². The van der Waals surface area contributed by atoms with Gasteiger partial charge in [0.05, 0.1) is 6.67 Å². The van der Waals surface area contributed by atoms with Gasteiger partial charge < -0.3 is 10.4 Å². The zero-order chi connectivity index (χ0) is 15.6. The molecule has 0 aromatic heterocycles. The predicted octanol–water partition coefficient (Wildman–Crippen LogP) is 3.12. The molecule has 0 unspecified atom stereocenters. The van der Waals surface area contributed by atoms with Gasteiger partial charge in [0.2, 0.25) is 5.91 Å². The highest BCUT2D eigenvalue weighted by molar-refractivity contribution is 5.75. The number of allylic oxidation sites excluding steroid dienone is 1. The summed E-state index contributed by atoms with van der Waals surface area (Å²) in [4.78, 5) is 11.5. The number of carbonyl (C=O) groups is 1. The Kier molecular flexibility index (Phi) is 16.5. The first-order chi connectivity index (χ1) is 10.3. The fraction of sp³-hybridized carbons (Fsp3) is 0.824. The molecule has 0 radical (unpaired) electrons. The summed E-state index contributed by atoms with van der Waals surface area (Å²) in [5.74, 6) is 0.144. The molecule has 0 saturated carbocycles. The maximum Gasteiger partial charge on any atom is 0.220 e. The van der Waals surface area contributed by atoms with Crippen molar-refractivity contribution in [3.8, 4) is 0 Å². The molecule has 124 valence electrons. The number of carbonyl (C=O) groups excluding carboxylic acids is 1. The van der Waals surface area contributed by atoms with Gasteiger partial charge in [-0.2, -0.15) is 0 Å². The molecule has 0 aliphatic rings. The van der Waals surface area contributed by atoms with E-state index >= 15 is 0 Å². The maximum absolute atomic E-state index is 11.5. The van der Waals surface area contributed by atoms with Crippen LogP contribution in [0.25, 0.3) is 0 Å². The van der Waals surface area contributed by atoms with E-state index < -0.39 is 0 Å². The standard InChI is InChI=1S/C17H34N2O2/c1-2-3-4-7-10-13-17(21)19-16-18-14-11-8-5-6-9-12-15-20/h2,18,20H,1,3-16H2,(H,19,21). The van der Waals surface area contributed by atoms with Gasteiger partial charge in [-0.1, -0.05) is 38.2 Å². The predicted molar refractivity (Wildman–Crippen MR) is 89.1 cm³/mol. The number of unbranched alkanes of at least 4 members (excludes halogenated alkanes) is 8. The average Bonchev–Trinajstić information content (AvgIpc) is 2.49. The van der Waals surface area contributed by atoms with E-state index in [0.29, 0.717) is 19.7 Å². The van der Waals surface area contributed by atoms with Crippen molar-refractivity contribution >= 4 is 5.91 Å². The Morgan fingerprint density at radius 2 is 1.62 bits per heavy atom. The van der Waals surface area contributed by atoms with E-state index in [9.17, 15) is 4.79 Å². The molecule has 21 heavy (non-hydrogen) atoms. The van der Waals surface area contributed by atoms with Gasteiger partial charge in [-0.3, -0.25) is 10.1 Å². The smallest absolute Gasteiger partial charge is 0.220 e. The molecule has 0 rings (SSSR count). The number of amides is 1. The van der Waals surface area contributed by atoms with Crippen molar-refractivity contribution in [3.05, 3.63) is 12.7 Å². The van der Waals surface area contributed by atoms with Crippen LogP contribution in [-0.2, 0) is 4.79 Å². The third kappa shape index (κ3) is 17.1. The van der Waals surface area contributed by atoms with Crippen LogP contribution in [0.2, 0.25) is 0 Å². The summed E-state index contributed by atoms with van der Waals surface area (Å²) in [6, 6.07) is 0. The van der Waals surface area contributed by atoms with Gasteiger partial charge in [0.15, 0.2) is 0 Å². The van der Waals surface area contributed by atoms with E-state index in [1.807, 2.05) is 6.08 Å². The van der Waals surface area contributed by atoms with Crippen LogP contribution in [0.15, 0.2) is 12.7 Å². The van der Waals surface area contributed by atoms with Gasteiger partial charge in [0, 0.05) is 13.0 Å². The molecule has 0 aromatic carbocycles. The molecular weight excluding hydrogens is 264 g/mol. The van der Waals surface area contributed by atoms with Crippen molar-refractivity contribution in [1.29, 1.82) is 0 Å². The Labute approximate surface area is 130 Å². The topological polar surface area (TPSA) is 61.4 Å². The van der Waals surface area contributed by atoms with Crippen molar-refractivity contribution in [2.75, 3.05) is 19.8 Å². The lowest BCUT2D eigenvalue weighted by atomic mass is 10.1. The lowest BCUT2D eigenvalue weighted by Gasteiger charge is -2.07. The molecule has 0 bridgehead atoms. The summed E-state index contributed by atoms with van der Waals surface area (Å²) < 4.78 is 0. The number of hydrogen-bond acceptors (Lipinski definition) is 3. The second-order valence-corrected chi connectivity index (χ2v) is 5.51. The summed E-state index contributed by atoms with van der Waals surface area (Å²) in [6.07, 6.45) is 13.7. The fourth-order valence-corrected chi connectivity index (χ4v) is 2.16. The fourth-order valence-electron chi connectivity index (χ4n) is 2.16. The van der Waals surface area contributed by atoms with Gasteiger partial charge >= 0.3 is 0 Å². The highest BCUT2D eigenvalue weighted by Gasteiger charge is 1.99. The molecule has 0 heterocycles. The normalized spacial score (nSPS) is 10.5. The molecule has 4 heteroatoms. The Bertz CT molecular complexity index is 245. The van der Waals surface area contributed by atoms with Gasteiger partial charge in [-0.25, -0.2) is 0 Å². The van der Waals surface area contributed by atoms with Crippen LogP contribution in [0, 0.1) is 0 Å². The average molecular weight is 298 g/mol. The molecule has 0 atom stereocenters. The Balaban J connectivity index is 3.12. The molecule has 3 N–H and O–H groups in total. The number of aliphatic hydroxyl groups is 1. The summed E-state index contributed by atoms with van der Waals surface area (Å²) in [7, 11) is 0. The molecule has 4 nitrogen and oxygen atoms in total. The maximum atomic E-state index is 11.5. The molecule has 0 spiro atoms. The van der Waals surface area contributed by atoms with Crippen molar-refractivity contribution in [2.45, 2.75) is 70.6 Å².